The molecule has 1 aromatic rings. The Kier molecular flexibility index (Phi) is 10.1. The molecule has 0 radical (unpaired) electrons. The molecule has 2 atom stereocenters. The number of piperidine rings is 2. The average Bonchev–Trinajstić information content (AvgIpc) is 2.56. The van der Waals surface area contributed by atoms with Crippen molar-refractivity contribution in [1.82, 2.24) is 20.6 Å². The van der Waals surface area contributed by atoms with Gasteiger partial charge in [-0.15, -0.1) is 24.8 Å². The Bertz CT molecular complexity index is 448. The maximum Gasteiger partial charge on any atom is 0.221 e. The van der Waals surface area contributed by atoms with Crippen LogP contribution in [0.5, 0.6) is 11.8 Å². The number of hydrogen-bond donors (Lipinski definition) is 2. The van der Waals surface area contributed by atoms with Crippen molar-refractivity contribution in [2.75, 3.05) is 32.4 Å². The number of hydrogen-bond acceptors (Lipinski definition) is 7. The predicted molar refractivity (Wildman–Crippen MR) is 101 cm³/mol. The van der Waals surface area contributed by atoms with Crippen LogP contribution in [0.2, 0.25) is 0 Å². The highest BCUT2D eigenvalue weighted by Gasteiger charge is 2.19. The van der Waals surface area contributed by atoms with E-state index in [1.165, 1.54) is 11.8 Å². The number of nitrogens with one attached hydrogen (secondary N) is 2. The molecular weight excluding hydrogens is 371 g/mol. The topological polar surface area (TPSA) is 68.3 Å². The number of halogens is 2. The zero-order valence-electron chi connectivity index (χ0n) is 13.8. The third-order valence-corrected chi connectivity index (χ3v) is 4.47. The molecule has 24 heavy (non-hydrogen) atoms. The van der Waals surface area contributed by atoms with Crippen molar-refractivity contribution in [2.24, 2.45) is 0 Å². The monoisotopic (exact) mass is 396 g/mol. The molecule has 6 nitrogen and oxygen atoms in total. The maximum atomic E-state index is 6.01. The molecule has 3 heterocycles. The SMILES string of the molecule is CSc1nc(OC2CCCNC2)cc(OC2CCCNC2)n1.Cl.Cl. The van der Waals surface area contributed by atoms with Crippen molar-refractivity contribution < 1.29 is 9.47 Å². The van der Waals surface area contributed by atoms with Crippen LogP contribution in [0.1, 0.15) is 25.7 Å². The second kappa shape index (κ2) is 11.2. The van der Waals surface area contributed by atoms with Crippen LogP contribution < -0.4 is 20.1 Å². The summed E-state index contributed by atoms with van der Waals surface area (Å²) in [6.07, 6.45) is 6.74. The molecule has 3 rings (SSSR count). The van der Waals surface area contributed by atoms with Crippen LogP contribution in [-0.2, 0) is 0 Å². The number of thioether (sulfide) groups is 1. The maximum absolute atomic E-state index is 6.01. The van der Waals surface area contributed by atoms with Gasteiger partial charge in [-0.05, 0) is 45.0 Å². The molecule has 2 N–H and O–H groups in total. The van der Waals surface area contributed by atoms with Crippen LogP contribution in [0, 0.1) is 0 Å². The molecule has 138 valence electrons. The van der Waals surface area contributed by atoms with Gasteiger partial charge in [0.05, 0.1) is 6.07 Å². The van der Waals surface area contributed by atoms with E-state index in [2.05, 4.69) is 20.6 Å². The second-order valence-electron chi connectivity index (χ2n) is 5.70. The van der Waals surface area contributed by atoms with E-state index in [1.807, 2.05) is 12.3 Å². The fourth-order valence-electron chi connectivity index (χ4n) is 2.78. The second-order valence-corrected chi connectivity index (χ2v) is 6.48. The highest BCUT2D eigenvalue weighted by molar-refractivity contribution is 7.98. The largest absolute Gasteiger partial charge is 0.473 e. The van der Waals surface area contributed by atoms with Gasteiger partial charge in [0.2, 0.25) is 11.8 Å². The first kappa shape index (κ1) is 21.6. The number of ether oxygens (including phenoxy) is 2. The quantitative estimate of drug-likeness (QED) is 0.584. The predicted octanol–water partition coefficient (Wildman–Crippen LogP) is 2.30. The zero-order valence-corrected chi connectivity index (χ0v) is 16.3. The summed E-state index contributed by atoms with van der Waals surface area (Å²) in [5.41, 5.74) is 0. The Morgan fingerprint density at radius 2 is 1.46 bits per heavy atom. The van der Waals surface area contributed by atoms with Gasteiger partial charge in [-0.2, -0.15) is 9.97 Å². The molecule has 0 saturated carbocycles. The molecule has 0 amide bonds. The fraction of sp³-hybridized carbons (Fsp3) is 0.733. The first-order valence-electron chi connectivity index (χ1n) is 8.01. The molecule has 0 spiro atoms. The van der Waals surface area contributed by atoms with Gasteiger partial charge in [-0.3, -0.25) is 0 Å². The summed E-state index contributed by atoms with van der Waals surface area (Å²) in [6, 6.07) is 1.82. The molecule has 2 aliphatic rings. The summed E-state index contributed by atoms with van der Waals surface area (Å²) < 4.78 is 12.0. The van der Waals surface area contributed by atoms with Gasteiger partial charge in [0.1, 0.15) is 12.2 Å². The summed E-state index contributed by atoms with van der Waals surface area (Å²) in [5.74, 6) is 1.23. The first-order valence-corrected chi connectivity index (χ1v) is 9.24. The van der Waals surface area contributed by atoms with E-state index >= 15 is 0 Å². The molecule has 0 aromatic carbocycles. The molecular formula is C15H26Cl2N4O2S. The summed E-state index contributed by atoms with van der Waals surface area (Å²) in [7, 11) is 0. The van der Waals surface area contributed by atoms with Crippen LogP contribution in [0.4, 0.5) is 0 Å². The van der Waals surface area contributed by atoms with Gasteiger partial charge in [0.25, 0.3) is 0 Å². The van der Waals surface area contributed by atoms with Gasteiger partial charge in [-0.25, -0.2) is 0 Å². The van der Waals surface area contributed by atoms with E-state index in [4.69, 9.17) is 9.47 Å². The van der Waals surface area contributed by atoms with Crippen molar-refractivity contribution in [1.29, 1.82) is 0 Å². The van der Waals surface area contributed by atoms with Gasteiger partial charge < -0.3 is 20.1 Å². The Morgan fingerprint density at radius 3 is 1.83 bits per heavy atom. The van der Waals surface area contributed by atoms with Gasteiger partial charge >= 0.3 is 0 Å². The Balaban J connectivity index is 0.00000144. The van der Waals surface area contributed by atoms with Crippen molar-refractivity contribution in [3.8, 4) is 11.8 Å². The minimum absolute atomic E-state index is 0. The summed E-state index contributed by atoms with van der Waals surface area (Å²) in [4.78, 5) is 8.89. The van der Waals surface area contributed by atoms with Gasteiger partial charge in [-0.1, -0.05) is 11.8 Å². The highest BCUT2D eigenvalue weighted by atomic mass is 35.5. The van der Waals surface area contributed by atoms with Crippen LogP contribution in [0.15, 0.2) is 11.2 Å². The van der Waals surface area contributed by atoms with E-state index in [0.717, 1.165) is 51.9 Å². The average molecular weight is 397 g/mol. The fourth-order valence-corrected chi connectivity index (χ4v) is 3.14. The van der Waals surface area contributed by atoms with Gasteiger partial charge in [0.15, 0.2) is 5.16 Å². The minimum Gasteiger partial charge on any atom is -0.473 e. The number of nitrogens with zero attached hydrogens (tertiary/aromatic N) is 2. The van der Waals surface area contributed by atoms with E-state index < -0.39 is 0 Å². The van der Waals surface area contributed by atoms with E-state index in [9.17, 15) is 0 Å². The summed E-state index contributed by atoms with van der Waals surface area (Å²) in [6.45, 7) is 3.90. The molecule has 2 saturated heterocycles. The zero-order chi connectivity index (χ0) is 15.2. The molecule has 0 bridgehead atoms. The Labute approximate surface area is 160 Å². The highest BCUT2D eigenvalue weighted by Crippen LogP contribution is 2.24. The first-order chi connectivity index (χ1) is 10.8. The standard InChI is InChI=1S/C15H24N4O2S.2ClH/c1-22-15-18-13(20-11-4-2-6-16-9-11)8-14(19-15)21-12-5-3-7-17-10-12;;/h8,11-12,16-17H,2-7,9-10H2,1H3;2*1H. The van der Waals surface area contributed by atoms with Crippen LogP contribution in [0.3, 0.4) is 0 Å². The molecule has 2 fully saturated rings. The molecule has 2 unspecified atom stereocenters. The van der Waals surface area contributed by atoms with E-state index in [1.54, 1.807) is 0 Å². The summed E-state index contributed by atoms with van der Waals surface area (Å²) in [5, 5.41) is 7.40. The van der Waals surface area contributed by atoms with E-state index in [-0.39, 0.29) is 37.0 Å². The molecule has 2 aliphatic heterocycles. The normalized spacial score (nSPS) is 23.5. The lowest BCUT2D eigenvalue weighted by atomic mass is 10.1. The molecule has 1 aromatic heterocycles. The minimum atomic E-state index is 0. The van der Waals surface area contributed by atoms with Crippen molar-refractivity contribution in [3.63, 3.8) is 0 Å². The smallest absolute Gasteiger partial charge is 0.221 e. The Morgan fingerprint density at radius 1 is 0.958 bits per heavy atom. The van der Waals surface area contributed by atoms with Crippen molar-refractivity contribution in [2.45, 2.75) is 43.0 Å². The van der Waals surface area contributed by atoms with Gasteiger partial charge in [0, 0.05) is 13.1 Å². The molecule has 9 heteroatoms. The summed E-state index contributed by atoms with van der Waals surface area (Å²) >= 11 is 1.51. The van der Waals surface area contributed by atoms with Crippen LogP contribution in [-0.4, -0.2) is 54.6 Å². The lowest BCUT2D eigenvalue weighted by Gasteiger charge is -2.25. The van der Waals surface area contributed by atoms with E-state index in [0.29, 0.717) is 16.9 Å². The lowest BCUT2D eigenvalue weighted by molar-refractivity contribution is 0.146. The van der Waals surface area contributed by atoms with Crippen LogP contribution in [0.25, 0.3) is 0 Å². The third-order valence-electron chi connectivity index (χ3n) is 3.92. The number of rotatable bonds is 5. The lowest BCUT2D eigenvalue weighted by Crippen LogP contribution is -2.38. The molecule has 0 aliphatic carbocycles. The third kappa shape index (κ3) is 6.44. The van der Waals surface area contributed by atoms with Crippen molar-refractivity contribution >= 4 is 36.6 Å². The van der Waals surface area contributed by atoms with Crippen molar-refractivity contribution in [3.05, 3.63) is 6.07 Å². The van der Waals surface area contributed by atoms with Crippen LogP contribution >= 0.6 is 36.6 Å². The Hall–Kier alpha value is -0.470. The number of aromatic nitrogens is 2.